The van der Waals surface area contributed by atoms with Gasteiger partial charge in [-0.05, 0) is 13.0 Å². The molecule has 1 heterocycles. The summed E-state index contributed by atoms with van der Waals surface area (Å²) in [6.07, 6.45) is 0.567. The lowest BCUT2D eigenvalue weighted by Gasteiger charge is -2.32. The van der Waals surface area contributed by atoms with Crippen molar-refractivity contribution in [2.45, 2.75) is 25.5 Å². The Labute approximate surface area is 84.4 Å². The molecule has 5 heteroatoms. The highest BCUT2D eigenvalue weighted by atomic mass is 16.5. The number of carbonyl (C=O) groups excluding carboxylic acids is 1. The Kier molecular flexibility index (Phi) is 4.31. The SMILES string of the molecule is CCN1CCOC(CC(N)C(N)=O)C1. The van der Waals surface area contributed by atoms with Gasteiger partial charge in [0.1, 0.15) is 0 Å². The summed E-state index contributed by atoms with van der Waals surface area (Å²) in [5.41, 5.74) is 10.6. The highest BCUT2D eigenvalue weighted by Crippen LogP contribution is 2.09. The number of amides is 1. The number of hydrogen-bond acceptors (Lipinski definition) is 4. The van der Waals surface area contributed by atoms with Crippen molar-refractivity contribution in [1.82, 2.24) is 4.90 Å². The van der Waals surface area contributed by atoms with Crippen molar-refractivity contribution < 1.29 is 9.53 Å². The second-order valence-corrected chi connectivity index (χ2v) is 3.63. The summed E-state index contributed by atoms with van der Waals surface area (Å²) in [5, 5.41) is 0. The zero-order valence-electron chi connectivity index (χ0n) is 8.61. The number of primary amides is 1. The van der Waals surface area contributed by atoms with E-state index in [9.17, 15) is 4.79 Å². The van der Waals surface area contributed by atoms with Crippen molar-refractivity contribution in [2.75, 3.05) is 26.2 Å². The molecule has 14 heavy (non-hydrogen) atoms. The van der Waals surface area contributed by atoms with Gasteiger partial charge in [0, 0.05) is 13.1 Å². The van der Waals surface area contributed by atoms with Gasteiger partial charge in [-0.3, -0.25) is 9.69 Å². The number of carbonyl (C=O) groups is 1. The molecule has 0 aromatic rings. The number of ether oxygens (including phenoxy) is 1. The molecule has 1 amide bonds. The van der Waals surface area contributed by atoms with Crippen LogP contribution in [0.1, 0.15) is 13.3 Å². The molecule has 2 atom stereocenters. The van der Waals surface area contributed by atoms with E-state index in [1.165, 1.54) is 0 Å². The number of morpholine rings is 1. The van der Waals surface area contributed by atoms with Crippen molar-refractivity contribution >= 4 is 5.91 Å². The molecule has 0 aromatic carbocycles. The molecular weight excluding hydrogens is 182 g/mol. The first-order valence-electron chi connectivity index (χ1n) is 5.02. The van der Waals surface area contributed by atoms with Gasteiger partial charge in [-0.1, -0.05) is 6.92 Å². The van der Waals surface area contributed by atoms with Crippen LogP contribution in [0.2, 0.25) is 0 Å². The first-order valence-corrected chi connectivity index (χ1v) is 5.02. The van der Waals surface area contributed by atoms with Gasteiger partial charge < -0.3 is 16.2 Å². The normalized spacial score (nSPS) is 26.0. The molecule has 0 aromatic heterocycles. The van der Waals surface area contributed by atoms with Gasteiger partial charge in [-0.15, -0.1) is 0 Å². The Balaban J connectivity index is 2.33. The van der Waals surface area contributed by atoms with Gasteiger partial charge in [0.05, 0.1) is 18.8 Å². The van der Waals surface area contributed by atoms with Crippen LogP contribution in [0.5, 0.6) is 0 Å². The molecule has 82 valence electrons. The second-order valence-electron chi connectivity index (χ2n) is 3.63. The van der Waals surface area contributed by atoms with E-state index < -0.39 is 11.9 Å². The predicted molar refractivity (Wildman–Crippen MR) is 53.6 cm³/mol. The average molecular weight is 201 g/mol. The fourth-order valence-corrected chi connectivity index (χ4v) is 1.61. The number of hydrogen-bond donors (Lipinski definition) is 2. The Hall–Kier alpha value is -0.650. The second kappa shape index (κ2) is 5.29. The smallest absolute Gasteiger partial charge is 0.234 e. The van der Waals surface area contributed by atoms with Gasteiger partial charge in [0.15, 0.2) is 0 Å². The van der Waals surface area contributed by atoms with Crippen molar-refractivity contribution in [3.8, 4) is 0 Å². The molecule has 1 fully saturated rings. The number of rotatable bonds is 4. The van der Waals surface area contributed by atoms with E-state index in [1.807, 2.05) is 0 Å². The zero-order valence-corrected chi connectivity index (χ0v) is 8.61. The van der Waals surface area contributed by atoms with E-state index in [2.05, 4.69) is 11.8 Å². The Morgan fingerprint density at radius 2 is 2.43 bits per heavy atom. The fraction of sp³-hybridized carbons (Fsp3) is 0.889. The monoisotopic (exact) mass is 201 g/mol. The maximum absolute atomic E-state index is 10.8. The van der Waals surface area contributed by atoms with Gasteiger partial charge >= 0.3 is 0 Å². The molecule has 1 aliphatic rings. The minimum Gasteiger partial charge on any atom is -0.375 e. The quantitative estimate of drug-likeness (QED) is 0.605. The Morgan fingerprint density at radius 3 is 3.00 bits per heavy atom. The minimum atomic E-state index is -0.586. The van der Waals surface area contributed by atoms with E-state index in [1.54, 1.807) is 0 Å². The van der Waals surface area contributed by atoms with Crippen LogP contribution >= 0.6 is 0 Å². The first-order chi connectivity index (χ1) is 6.63. The summed E-state index contributed by atoms with van der Waals surface area (Å²) in [4.78, 5) is 13.0. The Morgan fingerprint density at radius 1 is 1.71 bits per heavy atom. The molecule has 0 spiro atoms. The molecule has 1 aliphatic heterocycles. The van der Waals surface area contributed by atoms with Crippen molar-refractivity contribution in [3.05, 3.63) is 0 Å². The van der Waals surface area contributed by atoms with Gasteiger partial charge in [-0.25, -0.2) is 0 Å². The van der Waals surface area contributed by atoms with Crippen molar-refractivity contribution in [1.29, 1.82) is 0 Å². The highest BCUT2D eigenvalue weighted by Gasteiger charge is 2.23. The molecule has 2 unspecified atom stereocenters. The highest BCUT2D eigenvalue weighted by molar-refractivity contribution is 5.79. The molecule has 1 rings (SSSR count). The fourth-order valence-electron chi connectivity index (χ4n) is 1.61. The van der Waals surface area contributed by atoms with E-state index in [4.69, 9.17) is 16.2 Å². The minimum absolute atomic E-state index is 0.0474. The number of likely N-dealkylation sites (N-methyl/N-ethyl adjacent to an activating group) is 1. The van der Waals surface area contributed by atoms with Crippen LogP contribution in [0.4, 0.5) is 0 Å². The third kappa shape index (κ3) is 3.25. The molecule has 5 nitrogen and oxygen atoms in total. The van der Waals surface area contributed by atoms with Crippen LogP contribution in [-0.4, -0.2) is 49.2 Å². The summed E-state index contributed by atoms with van der Waals surface area (Å²) in [6.45, 7) is 5.63. The van der Waals surface area contributed by atoms with E-state index in [0.29, 0.717) is 13.0 Å². The van der Waals surface area contributed by atoms with Crippen molar-refractivity contribution in [2.24, 2.45) is 11.5 Å². The van der Waals surface area contributed by atoms with Crippen LogP contribution < -0.4 is 11.5 Å². The summed E-state index contributed by atoms with van der Waals surface area (Å²) in [6, 6.07) is -0.586. The van der Waals surface area contributed by atoms with E-state index in [-0.39, 0.29) is 6.10 Å². The van der Waals surface area contributed by atoms with Gasteiger partial charge in [0.25, 0.3) is 0 Å². The summed E-state index contributed by atoms with van der Waals surface area (Å²) >= 11 is 0. The van der Waals surface area contributed by atoms with Crippen molar-refractivity contribution in [3.63, 3.8) is 0 Å². The summed E-state index contributed by atoms with van der Waals surface area (Å²) in [7, 11) is 0. The maximum Gasteiger partial charge on any atom is 0.234 e. The van der Waals surface area contributed by atoms with Crippen LogP contribution in [0.25, 0.3) is 0 Å². The predicted octanol–water partition coefficient (Wildman–Crippen LogP) is -1.09. The molecule has 0 radical (unpaired) electrons. The standard InChI is InChI=1S/C9H19N3O2/c1-2-12-3-4-14-7(6-12)5-8(10)9(11)13/h7-8H,2-6,10H2,1H3,(H2,11,13). The largest absolute Gasteiger partial charge is 0.375 e. The zero-order chi connectivity index (χ0) is 10.6. The number of nitrogens with zero attached hydrogens (tertiary/aromatic N) is 1. The van der Waals surface area contributed by atoms with Gasteiger partial charge in [-0.2, -0.15) is 0 Å². The number of nitrogens with two attached hydrogens (primary N) is 2. The van der Waals surface area contributed by atoms with Crippen LogP contribution in [0, 0.1) is 0 Å². The van der Waals surface area contributed by atoms with Crippen LogP contribution in [0.15, 0.2) is 0 Å². The van der Waals surface area contributed by atoms with E-state index in [0.717, 1.165) is 19.6 Å². The molecule has 0 aliphatic carbocycles. The van der Waals surface area contributed by atoms with Gasteiger partial charge in [0.2, 0.25) is 5.91 Å². The molecule has 4 N–H and O–H groups in total. The van der Waals surface area contributed by atoms with Crippen LogP contribution in [-0.2, 0) is 9.53 Å². The lowest BCUT2D eigenvalue weighted by atomic mass is 10.1. The lowest BCUT2D eigenvalue weighted by Crippen LogP contribution is -2.47. The molecular formula is C9H19N3O2. The lowest BCUT2D eigenvalue weighted by molar-refractivity contribution is -0.120. The average Bonchev–Trinajstić information content (AvgIpc) is 2.18. The topological polar surface area (TPSA) is 81.6 Å². The Bertz CT molecular complexity index is 198. The summed E-state index contributed by atoms with van der Waals surface area (Å²) < 4.78 is 5.50. The maximum atomic E-state index is 10.8. The summed E-state index contributed by atoms with van der Waals surface area (Å²) in [5.74, 6) is -0.456. The molecule has 0 bridgehead atoms. The molecule has 1 saturated heterocycles. The van der Waals surface area contributed by atoms with E-state index >= 15 is 0 Å². The third-order valence-electron chi connectivity index (χ3n) is 2.55. The molecule has 0 saturated carbocycles. The third-order valence-corrected chi connectivity index (χ3v) is 2.55. The first kappa shape index (κ1) is 11.4. The van der Waals surface area contributed by atoms with Crippen LogP contribution in [0.3, 0.4) is 0 Å².